The summed E-state index contributed by atoms with van der Waals surface area (Å²) in [6.07, 6.45) is 7.37. The number of benzene rings is 1. The average molecular weight is 485 g/mol. The van der Waals surface area contributed by atoms with Crippen LogP contribution in [0.15, 0.2) is 30.3 Å². The fraction of sp³-hybridized carbons (Fsp3) is 0.500. The van der Waals surface area contributed by atoms with Gasteiger partial charge in [0.25, 0.3) is 0 Å². The molecule has 0 bridgehead atoms. The van der Waals surface area contributed by atoms with Gasteiger partial charge in [-0.2, -0.15) is 8.78 Å². The first-order chi connectivity index (χ1) is 17.0. The van der Waals surface area contributed by atoms with Gasteiger partial charge in [0, 0.05) is 30.1 Å². The Morgan fingerprint density at radius 2 is 1.91 bits per heavy atom. The van der Waals surface area contributed by atoms with Gasteiger partial charge in [-0.3, -0.25) is 4.90 Å². The zero-order valence-electron chi connectivity index (χ0n) is 20.0. The third-order valence-corrected chi connectivity index (χ3v) is 7.17. The normalized spacial score (nSPS) is 18.7. The summed E-state index contributed by atoms with van der Waals surface area (Å²) in [6.45, 7) is -0.896. The number of carbonyl (C=O) groups excluding carboxylic acids is 1. The molecule has 1 fully saturated rings. The second-order valence-corrected chi connectivity index (χ2v) is 9.37. The van der Waals surface area contributed by atoms with Crippen molar-refractivity contribution < 1.29 is 23.0 Å². The molecule has 1 aliphatic heterocycles. The van der Waals surface area contributed by atoms with Gasteiger partial charge < -0.3 is 14.0 Å². The summed E-state index contributed by atoms with van der Waals surface area (Å²) < 4.78 is 37.3. The standard InChI is InChI=1S/C26H30F2N4O3/c1-16-11-12-19-20(31(16)26(33)34-2)13-14-21-24(19)30-22(32(21)18-8-4-3-5-9-18)15-17-7-6-10-23(29-17)35-25(27)28/h6-7,10,13-14,16,18,25H,3-5,8-9,11-12,15H2,1-2H3/t16-/m0/s1. The molecule has 0 radical (unpaired) electrons. The predicted octanol–water partition coefficient (Wildman–Crippen LogP) is 6.04. The lowest BCUT2D eigenvalue weighted by Crippen LogP contribution is -2.42. The number of amides is 1. The van der Waals surface area contributed by atoms with Gasteiger partial charge in [-0.1, -0.05) is 25.3 Å². The number of fused-ring (bicyclic) bond motifs is 3. The number of hydrogen-bond donors (Lipinski definition) is 0. The number of hydrogen-bond acceptors (Lipinski definition) is 5. The Morgan fingerprint density at radius 3 is 2.66 bits per heavy atom. The minimum absolute atomic E-state index is 0.0362. The van der Waals surface area contributed by atoms with Crippen molar-refractivity contribution in [1.29, 1.82) is 0 Å². The number of rotatable bonds is 5. The molecule has 5 rings (SSSR count). The van der Waals surface area contributed by atoms with Crippen molar-refractivity contribution in [3.05, 3.63) is 47.4 Å². The van der Waals surface area contributed by atoms with E-state index in [1.807, 2.05) is 13.0 Å². The van der Waals surface area contributed by atoms with E-state index >= 15 is 0 Å². The lowest BCUT2D eigenvalue weighted by Gasteiger charge is -2.34. The highest BCUT2D eigenvalue weighted by atomic mass is 19.3. The average Bonchev–Trinajstić information content (AvgIpc) is 3.21. The van der Waals surface area contributed by atoms with Crippen molar-refractivity contribution >= 4 is 22.8 Å². The highest BCUT2D eigenvalue weighted by molar-refractivity contribution is 5.95. The van der Waals surface area contributed by atoms with Crippen LogP contribution < -0.4 is 9.64 Å². The topological polar surface area (TPSA) is 69.5 Å². The maximum Gasteiger partial charge on any atom is 0.414 e. The summed E-state index contributed by atoms with van der Waals surface area (Å²) in [5.74, 6) is 0.753. The molecule has 1 saturated carbocycles. The monoisotopic (exact) mass is 484 g/mol. The number of imidazole rings is 1. The molecular weight excluding hydrogens is 454 g/mol. The molecule has 3 aromatic rings. The fourth-order valence-corrected chi connectivity index (χ4v) is 5.57. The SMILES string of the molecule is COC(=O)N1c2ccc3c(nc(Cc4cccc(OC(F)F)n4)n3C3CCCCC3)c2CC[C@@H]1C. The Balaban J connectivity index is 1.61. The molecule has 1 aliphatic carbocycles. The highest BCUT2D eigenvalue weighted by Crippen LogP contribution is 2.39. The van der Waals surface area contributed by atoms with Crippen LogP contribution >= 0.6 is 0 Å². The molecule has 1 atom stereocenters. The van der Waals surface area contributed by atoms with Crippen molar-refractivity contribution in [2.24, 2.45) is 0 Å². The third-order valence-electron chi connectivity index (χ3n) is 7.17. The highest BCUT2D eigenvalue weighted by Gasteiger charge is 2.32. The Hall–Kier alpha value is -3.23. The number of ether oxygens (including phenoxy) is 2. The molecule has 7 nitrogen and oxygen atoms in total. The second-order valence-electron chi connectivity index (χ2n) is 9.37. The Kier molecular flexibility index (Phi) is 6.58. The van der Waals surface area contributed by atoms with Crippen LogP contribution in [0.2, 0.25) is 0 Å². The maximum atomic E-state index is 12.7. The molecular formula is C26H30F2N4O3. The number of anilines is 1. The van der Waals surface area contributed by atoms with Crippen molar-refractivity contribution in [3.63, 3.8) is 0 Å². The molecule has 186 valence electrons. The molecule has 0 unspecified atom stereocenters. The van der Waals surface area contributed by atoms with E-state index in [4.69, 9.17) is 9.72 Å². The Labute approximate surface area is 203 Å². The van der Waals surface area contributed by atoms with Gasteiger partial charge >= 0.3 is 12.7 Å². The number of aromatic nitrogens is 3. The third kappa shape index (κ3) is 4.56. The van der Waals surface area contributed by atoms with Crippen molar-refractivity contribution in [2.45, 2.75) is 77.0 Å². The van der Waals surface area contributed by atoms with Gasteiger partial charge in [-0.15, -0.1) is 0 Å². The number of alkyl halides is 2. The molecule has 1 amide bonds. The van der Waals surface area contributed by atoms with E-state index < -0.39 is 6.61 Å². The van der Waals surface area contributed by atoms with Gasteiger partial charge in [-0.25, -0.2) is 14.8 Å². The smallest absolute Gasteiger partial charge is 0.414 e. The number of methoxy groups -OCH3 is 1. The van der Waals surface area contributed by atoms with Gasteiger partial charge in [-0.05, 0) is 50.8 Å². The van der Waals surface area contributed by atoms with E-state index in [1.165, 1.54) is 19.6 Å². The maximum absolute atomic E-state index is 12.7. The zero-order valence-corrected chi connectivity index (χ0v) is 20.0. The van der Waals surface area contributed by atoms with Crippen LogP contribution in [0.3, 0.4) is 0 Å². The number of nitrogens with zero attached hydrogens (tertiary/aromatic N) is 4. The molecule has 3 heterocycles. The van der Waals surface area contributed by atoms with Gasteiger partial charge in [0.05, 0.1) is 29.5 Å². The fourth-order valence-electron chi connectivity index (χ4n) is 5.57. The van der Waals surface area contributed by atoms with Crippen molar-refractivity contribution in [2.75, 3.05) is 12.0 Å². The van der Waals surface area contributed by atoms with Crippen LogP contribution in [-0.4, -0.2) is 40.4 Å². The van der Waals surface area contributed by atoms with E-state index in [9.17, 15) is 13.6 Å². The summed E-state index contributed by atoms with van der Waals surface area (Å²) >= 11 is 0. The molecule has 2 aliphatic rings. The van der Waals surface area contributed by atoms with Crippen molar-refractivity contribution in [3.8, 4) is 5.88 Å². The number of aryl methyl sites for hydroxylation is 1. The minimum Gasteiger partial charge on any atom is -0.452 e. The summed E-state index contributed by atoms with van der Waals surface area (Å²) in [4.78, 5) is 23.6. The van der Waals surface area contributed by atoms with E-state index in [0.717, 1.165) is 66.6 Å². The van der Waals surface area contributed by atoms with Gasteiger partial charge in [0.1, 0.15) is 5.82 Å². The minimum atomic E-state index is -2.92. The largest absolute Gasteiger partial charge is 0.452 e. The van der Waals surface area contributed by atoms with E-state index in [1.54, 1.807) is 17.0 Å². The van der Waals surface area contributed by atoms with E-state index in [2.05, 4.69) is 20.4 Å². The second kappa shape index (κ2) is 9.79. The zero-order chi connectivity index (χ0) is 24.5. The molecule has 2 aromatic heterocycles. The first kappa shape index (κ1) is 23.5. The van der Waals surface area contributed by atoms with Crippen LogP contribution in [0, 0.1) is 0 Å². The first-order valence-electron chi connectivity index (χ1n) is 12.3. The number of pyridine rings is 1. The van der Waals surface area contributed by atoms with E-state index in [0.29, 0.717) is 18.2 Å². The quantitative estimate of drug-likeness (QED) is 0.442. The van der Waals surface area contributed by atoms with Crippen molar-refractivity contribution in [1.82, 2.24) is 14.5 Å². The number of halogens is 2. The molecule has 0 spiro atoms. The Bertz CT molecular complexity index is 1220. The van der Waals surface area contributed by atoms with Crippen LogP contribution in [0.25, 0.3) is 11.0 Å². The molecule has 0 saturated heterocycles. The Morgan fingerprint density at radius 1 is 1.11 bits per heavy atom. The van der Waals surface area contributed by atoms with Crippen LogP contribution in [0.5, 0.6) is 5.88 Å². The lowest BCUT2D eigenvalue weighted by molar-refractivity contribution is -0.0529. The summed E-state index contributed by atoms with van der Waals surface area (Å²) in [5, 5.41) is 0. The van der Waals surface area contributed by atoms with Crippen LogP contribution in [0.4, 0.5) is 19.3 Å². The summed E-state index contributed by atoms with van der Waals surface area (Å²) in [7, 11) is 1.40. The number of carbonyl (C=O) groups is 1. The van der Waals surface area contributed by atoms with Gasteiger partial charge in [0.15, 0.2) is 0 Å². The van der Waals surface area contributed by atoms with Crippen LogP contribution in [0.1, 0.15) is 68.6 Å². The molecule has 35 heavy (non-hydrogen) atoms. The van der Waals surface area contributed by atoms with Crippen LogP contribution in [-0.2, 0) is 17.6 Å². The summed E-state index contributed by atoms with van der Waals surface area (Å²) in [6, 6.07) is 9.32. The first-order valence-corrected chi connectivity index (χ1v) is 12.3. The summed E-state index contributed by atoms with van der Waals surface area (Å²) in [5.41, 5.74) is 4.45. The lowest BCUT2D eigenvalue weighted by atomic mass is 9.94. The van der Waals surface area contributed by atoms with E-state index in [-0.39, 0.29) is 18.0 Å². The molecule has 1 aromatic carbocycles. The molecule has 0 N–H and O–H groups in total. The predicted molar refractivity (Wildman–Crippen MR) is 128 cm³/mol. The van der Waals surface area contributed by atoms with Gasteiger partial charge in [0.2, 0.25) is 5.88 Å². The molecule has 9 heteroatoms.